The second-order valence-corrected chi connectivity index (χ2v) is 4.48. The zero-order chi connectivity index (χ0) is 12.1. The molecule has 3 N–H and O–H groups in total. The van der Waals surface area contributed by atoms with Crippen molar-refractivity contribution in [2.24, 2.45) is 0 Å². The molecule has 2 heterocycles. The van der Waals surface area contributed by atoms with E-state index in [2.05, 4.69) is 37.3 Å². The van der Waals surface area contributed by atoms with Gasteiger partial charge < -0.3 is 11.1 Å². The lowest BCUT2D eigenvalue weighted by Gasteiger charge is -2.10. The maximum absolute atomic E-state index is 5.83. The average molecular weight is 293 g/mol. The number of hydrogen-bond acceptors (Lipinski definition) is 4. The normalized spacial score (nSPS) is 10.2. The lowest BCUT2D eigenvalue weighted by atomic mass is 10.2. The van der Waals surface area contributed by atoms with Crippen LogP contribution in [0.2, 0.25) is 0 Å². The van der Waals surface area contributed by atoms with Gasteiger partial charge >= 0.3 is 0 Å². The summed E-state index contributed by atoms with van der Waals surface area (Å²) in [6.45, 7) is 0.804. The molecule has 17 heavy (non-hydrogen) atoms. The maximum atomic E-state index is 5.83. The van der Waals surface area contributed by atoms with Gasteiger partial charge in [-0.1, -0.05) is 6.07 Å². The summed E-state index contributed by atoms with van der Waals surface area (Å²) >= 11 is 3.42. The number of nitrogens with zero attached hydrogens (tertiary/aromatic N) is 2. The molecule has 88 valence electrons. The predicted octanol–water partition coefficient (Wildman–Crippen LogP) is 2.48. The number of hydrogen-bond donors (Lipinski definition) is 2. The number of pyridine rings is 2. The molecule has 0 aliphatic rings. The van der Waals surface area contributed by atoms with E-state index in [0.717, 1.165) is 23.1 Å². The van der Waals surface area contributed by atoms with E-state index in [1.54, 1.807) is 18.6 Å². The standard InChI is InChI=1S/C12H13BrN4/c13-10-7-16-8-11(14)12(10)17-5-3-9-2-1-4-15-6-9/h1-2,4,6-8H,3,5,14H2,(H,16,17). The Morgan fingerprint density at radius 3 is 2.82 bits per heavy atom. The highest BCUT2D eigenvalue weighted by atomic mass is 79.9. The van der Waals surface area contributed by atoms with Crippen molar-refractivity contribution in [1.29, 1.82) is 0 Å². The second kappa shape index (κ2) is 5.63. The zero-order valence-electron chi connectivity index (χ0n) is 9.23. The van der Waals surface area contributed by atoms with Crippen LogP contribution in [0.15, 0.2) is 41.4 Å². The molecule has 2 rings (SSSR count). The highest BCUT2D eigenvalue weighted by molar-refractivity contribution is 9.10. The quantitative estimate of drug-likeness (QED) is 0.909. The number of anilines is 2. The van der Waals surface area contributed by atoms with E-state index in [4.69, 9.17) is 5.73 Å². The van der Waals surface area contributed by atoms with Gasteiger partial charge in [0.25, 0.3) is 0 Å². The summed E-state index contributed by atoms with van der Waals surface area (Å²) in [5.41, 5.74) is 8.57. The minimum Gasteiger partial charge on any atom is -0.396 e. The van der Waals surface area contributed by atoms with Gasteiger partial charge in [-0.2, -0.15) is 0 Å². The number of nitrogens with one attached hydrogen (secondary N) is 1. The van der Waals surface area contributed by atoms with Gasteiger partial charge in [-0.15, -0.1) is 0 Å². The summed E-state index contributed by atoms with van der Waals surface area (Å²) in [5.74, 6) is 0. The van der Waals surface area contributed by atoms with Crippen molar-refractivity contribution in [2.45, 2.75) is 6.42 Å². The van der Waals surface area contributed by atoms with Crippen molar-refractivity contribution in [3.63, 3.8) is 0 Å². The number of nitrogen functional groups attached to an aromatic ring is 1. The fourth-order valence-corrected chi connectivity index (χ4v) is 2.00. The minimum atomic E-state index is 0.644. The van der Waals surface area contributed by atoms with Gasteiger partial charge in [0.2, 0.25) is 0 Å². The molecule has 0 spiro atoms. The Labute approximate surface area is 108 Å². The molecule has 0 bridgehead atoms. The maximum Gasteiger partial charge on any atom is 0.0750 e. The molecule has 0 radical (unpaired) electrons. The third kappa shape index (κ3) is 3.17. The molecule has 0 amide bonds. The smallest absolute Gasteiger partial charge is 0.0750 e. The lowest BCUT2D eigenvalue weighted by Crippen LogP contribution is -2.07. The fourth-order valence-electron chi connectivity index (χ4n) is 1.51. The first-order chi connectivity index (χ1) is 8.27. The van der Waals surface area contributed by atoms with E-state index in [-0.39, 0.29) is 0 Å². The van der Waals surface area contributed by atoms with Crippen LogP contribution < -0.4 is 11.1 Å². The van der Waals surface area contributed by atoms with Crippen LogP contribution in [0.4, 0.5) is 11.4 Å². The molecule has 0 aliphatic carbocycles. The van der Waals surface area contributed by atoms with Crippen molar-refractivity contribution < 1.29 is 0 Å². The van der Waals surface area contributed by atoms with Crippen LogP contribution in [0.1, 0.15) is 5.56 Å². The molecular weight excluding hydrogens is 280 g/mol. The lowest BCUT2D eigenvalue weighted by molar-refractivity contribution is 1.00. The van der Waals surface area contributed by atoms with Gasteiger partial charge in [-0.25, -0.2) is 0 Å². The van der Waals surface area contributed by atoms with Crippen molar-refractivity contribution in [3.05, 3.63) is 47.0 Å². The van der Waals surface area contributed by atoms with Crippen LogP contribution in [-0.4, -0.2) is 16.5 Å². The molecule has 2 aromatic heterocycles. The first-order valence-electron chi connectivity index (χ1n) is 5.29. The van der Waals surface area contributed by atoms with E-state index >= 15 is 0 Å². The molecule has 0 unspecified atom stereocenters. The SMILES string of the molecule is Nc1cncc(Br)c1NCCc1cccnc1. The van der Waals surface area contributed by atoms with Crippen molar-refractivity contribution in [2.75, 3.05) is 17.6 Å². The Morgan fingerprint density at radius 1 is 1.24 bits per heavy atom. The van der Waals surface area contributed by atoms with Crippen LogP contribution >= 0.6 is 15.9 Å². The summed E-state index contributed by atoms with van der Waals surface area (Å²) in [4.78, 5) is 8.06. The van der Waals surface area contributed by atoms with Crippen molar-refractivity contribution in [1.82, 2.24) is 9.97 Å². The van der Waals surface area contributed by atoms with Crippen LogP contribution in [0.3, 0.4) is 0 Å². The Bertz CT molecular complexity index is 467. The van der Waals surface area contributed by atoms with E-state index in [0.29, 0.717) is 5.69 Å². The molecule has 2 aromatic rings. The molecule has 0 aromatic carbocycles. The van der Waals surface area contributed by atoms with Gasteiger partial charge in [-0.05, 0) is 34.0 Å². The average Bonchev–Trinajstić information content (AvgIpc) is 2.34. The third-order valence-corrected chi connectivity index (χ3v) is 2.97. The molecule has 0 atom stereocenters. The molecule has 0 saturated carbocycles. The van der Waals surface area contributed by atoms with E-state index in [1.807, 2.05) is 12.3 Å². The number of halogens is 1. The summed E-state index contributed by atoms with van der Waals surface area (Å²) in [6.07, 6.45) is 7.91. The number of nitrogens with two attached hydrogens (primary N) is 1. The van der Waals surface area contributed by atoms with Crippen molar-refractivity contribution >= 4 is 27.3 Å². The van der Waals surface area contributed by atoms with Crippen LogP contribution in [-0.2, 0) is 6.42 Å². The van der Waals surface area contributed by atoms with Crippen LogP contribution in [0, 0.1) is 0 Å². The van der Waals surface area contributed by atoms with Crippen LogP contribution in [0.5, 0.6) is 0 Å². The minimum absolute atomic E-state index is 0.644. The summed E-state index contributed by atoms with van der Waals surface area (Å²) < 4.78 is 0.878. The van der Waals surface area contributed by atoms with Gasteiger partial charge in [-0.3, -0.25) is 9.97 Å². The highest BCUT2D eigenvalue weighted by Gasteiger charge is 2.03. The number of aromatic nitrogens is 2. The zero-order valence-corrected chi connectivity index (χ0v) is 10.8. The Balaban J connectivity index is 1.95. The van der Waals surface area contributed by atoms with Gasteiger partial charge in [0.1, 0.15) is 0 Å². The third-order valence-electron chi connectivity index (χ3n) is 2.37. The second-order valence-electron chi connectivity index (χ2n) is 3.62. The monoisotopic (exact) mass is 292 g/mol. The molecule has 0 aliphatic heterocycles. The Hall–Kier alpha value is -1.62. The summed E-state index contributed by atoms with van der Waals surface area (Å²) in [6, 6.07) is 3.99. The Kier molecular flexibility index (Phi) is 3.93. The van der Waals surface area contributed by atoms with E-state index < -0.39 is 0 Å². The number of rotatable bonds is 4. The molecule has 0 saturated heterocycles. The van der Waals surface area contributed by atoms with Gasteiger partial charge in [0.05, 0.1) is 22.0 Å². The molecule has 4 nitrogen and oxygen atoms in total. The predicted molar refractivity (Wildman–Crippen MR) is 72.8 cm³/mol. The largest absolute Gasteiger partial charge is 0.396 e. The van der Waals surface area contributed by atoms with Gasteiger partial charge in [0.15, 0.2) is 0 Å². The van der Waals surface area contributed by atoms with Crippen molar-refractivity contribution in [3.8, 4) is 0 Å². The van der Waals surface area contributed by atoms with E-state index in [1.165, 1.54) is 5.56 Å². The molecular formula is C12H13BrN4. The summed E-state index contributed by atoms with van der Waals surface area (Å²) in [7, 11) is 0. The first-order valence-corrected chi connectivity index (χ1v) is 6.08. The molecule has 0 fully saturated rings. The Morgan fingerprint density at radius 2 is 2.12 bits per heavy atom. The fraction of sp³-hybridized carbons (Fsp3) is 0.167. The topological polar surface area (TPSA) is 63.8 Å². The molecule has 5 heteroatoms. The van der Waals surface area contributed by atoms with E-state index in [9.17, 15) is 0 Å². The van der Waals surface area contributed by atoms with Crippen LogP contribution in [0.25, 0.3) is 0 Å². The highest BCUT2D eigenvalue weighted by Crippen LogP contribution is 2.26. The van der Waals surface area contributed by atoms with Gasteiger partial charge in [0, 0.05) is 25.1 Å². The summed E-state index contributed by atoms with van der Waals surface area (Å²) in [5, 5.41) is 3.29. The first kappa shape index (κ1) is 11.9.